The van der Waals surface area contributed by atoms with Crippen molar-refractivity contribution in [3.63, 3.8) is 0 Å². The van der Waals surface area contributed by atoms with E-state index >= 15 is 0 Å². The first kappa shape index (κ1) is 15.8. The number of para-hydroxylation sites is 1. The minimum absolute atomic E-state index is 0.0639. The summed E-state index contributed by atoms with van der Waals surface area (Å²) in [5.41, 5.74) is 2.15. The van der Waals surface area contributed by atoms with Gasteiger partial charge in [-0.15, -0.1) is 10.2 Å². The molecule has 0 unspecified atom stereocenters. The lowest BCUT2D eigenvalue weighted by molar-refractivity contribution is -0.140. The van der Waals surface area contributed by atoms with E-state index in [1.807, 2.05) is 30.0 Å². The van der Waals surface area contributed by atoms with Crippen LogP contribution in [0.25, 0.3) is 10.9 Å². The summed E-state index contributed by atoms with van der Waals surface area (Å²) in [5, 5.41) is 8.99. The maximum absolute atomic E-state index is 12.8. The molecule has 2 aromatic heterocycles. The van der Waals surface area contributed by atoms with Crippen LogP contribution in [0.4, 0.5) is 0 Å². The van der Waals surface area contributed by atoms with E-state index in [0.717, 1.165) is 16.6 Å². The van der Waals surface area contributed by atoms with Gasteiger partial charge in [0.15, 0.2) is 6.10 Å². The van der Waals surface area contributed by atoms with Crippen LogP contribution >= 0.6 is 0 Å². The second-order valence-corrected chi connectivity index (χ2v) is 6.29. The normalized spacial score (nSPS) is 18.0. The Hall–Kier alpha value is -2.67. The fraction of sp³-hybridized carbons (Fsp3) is 0.389. The second-order valence-electron chi connectivity index (χ2n) is 6.29. The lowest BCUT2D eigenvalue weighted by Crippen LogP contribution is -2.43. The fourth-order valence-electron chi connectivity index (χ4n) is 3.26. The molecule has 7 heteroatoms. The zero-order valence-electron chi connectivity index (χ0n) is 14.3. The third kappa shape index (κ3) is 3.02. The van der Waals surface area contributed by atoms with Crippen LogP contribution in [0.5, 0.6) is 0 Å². The van der Waals surface area contributed by atoms with Crippen molar-refractivity contribution in [1.82, 2.24) is 19.7 Å². The highest BCUT2D eigenvalue weighted by molar-refractivity contribution is 5.84. The average molecular weight is 340 g/mol. The summed E-state index contributed by atoms with van der Waals surface area (Å²) in [6.45, 7) is 5.54. The van der Waals surface area contributed by atoms with Crippen molar-refractivity contribution in [1.29, 1.82) is 0 Å². The predicted molar refractivity (Wildman–Crippen MR) is 91.0 cm³/mol. The number of fused-ring (bicyclic) bond motifs is 1. The first-order valence-electron chi connectivity index (χ1n) is 8.36. The topological polar surface area (TPSA) is 73.4 Å². The van der Waals surface area contributed by atoms with Crippen molar-refractivity contribution in [3.8, 4) is 0 Å². The van der Waals surface area contributed by atoms with E-state index in [1.54, 1.807) is 6.92 Å². The summed E-state index contributed by atoms with van der Waals surface area (Å²) in [6, 6.07) is 10.2. The molecule has 1 amide bonds. The van der Waals surface area contributed by atoms with Crippen molar-refractivity contribution in [2.45, 2.75) is 26.5 Å². The number of carbonyl (C=O) groups excluding carboxylic acids is 1. The Morgan fingerprint density at radius 1 is 1.28 bits per heavy atom. The Balaban J connectivity index is 1.51. The number of aromatic nitrogens is 3. The monoisotopic (exact) mass is 340 g/mol. The Bertz CT molecular complexity index is 914. The van der Waals surface area contributed by atoms with Gasteiger partial charge in [0.1, 0.15) is 6.54 Å². The van der Waals surface area contributed by atoms with Crippen LogP contribution in [0, 0.1) is 13.8 Å². The van der Waals surface area contributed by atoms with Gasteiger partial charge in [0.25, 0.3) is 0 Å². The minimum Gasteiger partial charge on any atom is -0.423 e. The van der Waals surface area contributed by atoms with Gasteiger partial charge in [0, 0.05) is 24.7 Å². The Labute approximate surface area is 145 Å². The molecule has 1 aromatic carbocycles. The number of benzene rings is 1. The highest BCUT2D eigenvalue weighted by Gasteiger charge is 2.29. The largest absolute Gasteiger partial charge is 0.423 e. The minimum atomic E-state index is -0.360. The van der Waals surface area contributed by atoms with Crippen LogP contribution in [0.2, 0.25) is 0 Å². The molecule has 130 valence electrons. The number of aryl methyl sites for hydroxylation is 2. The summed E-state index contributed by atoms with van der Waals surface area (Å²) < 4.78 is 13.2. The molecule has 0 radical (unpaired) electrons. The molecule has 1 fully saturated rings. The molecular weight excluding hydrogens is 320 g/mol. The summed E-state index contributed by atoms with van der Waals surface area (Å²) in [6.07, 6.45) is -0.360. The van der Waals surface area contributed by atoms with Crippen molar-refractivity contribution in [2.24, 2.45) is 0 Å². The molecule has 1 aliphatic heterocycles. The molecule has 0 saturated carbocycles. The van der Waals surface area contributed by atoms with Crippen LogP contribution in [-0.2, 0) is 16.1 Å². The van der Waals surface area contributed by atoms with Crippen molar-refractivity contribution in [3.05, 3.63) is 47.8 Å². The van der Waals surface area contributed by atoms with Gasteiger partial charge in [-0.2, -0.15) is 0 Å². The van der Waals surface area contributed by atoms with Crippen LogP contribution in [0.1, 0.15) is 23.6 Å². The van der Waals surface area contributed by atoms with Gasteiger partial charge in [0.05, 0.1) is 13.2 Å². The van der Waals surface area contributed by atoms with Crippen LogP contribution < -0.4 is 0 Å². The predicted octanol–water partition coefficient (Wildman–Crippen LogP) is 2.24. The molecule has 7 nitrogen and oxygen atoms in total. The lowest BCUT2D eigenvalue weighted by Gasteiger charge is -2.31. The molecule has 4 rings (SSSR count). The van der Waals surface area contributed by atoms with Crippen LogP contribution in [0.3, 0.4) is 0 Å². The fourth-order valence-corrected chi connectivity index (χ4v) is 3.26. The zero-order chi connectivity index (χ0) is 17.4. The standard InChI is InChI=1S/C18H20N4O3/c1-12-9-14-5-3-4-6-15(14)22(12)11-17(23)21-7-8-24-16(10-21)18-20-19-13(2)25-18/h3-6,9,16H,7-8,10-11H2,1-2H3/t16-/m1/s1. The number of hydrogen-bond donors (Lipinski definition) is 0. The first-order valence-corrected chi connectivity index (χ1v) is 8.36. The van der Waals surface area contributed by atoms with Gasteiger partial charge >= 0.3 is 0 Å². The zero-order valence-corrected chi connectivity index (χ0v) is 14.3. The number of ether oxygens (including phenoxy) is 1. The highest BCUT2D eigenvalue weighted by Crippen LogP contribution is 2.23. The Kier molecular flexibility index (Phi) is 4.01. The number of carbonyl (C=O) groups is 1. The molecule has 3 heterocycles. The van der Waals surface area contributed by atoms with Gasteiger partial charge in [-0.25, -0.2) is 0 Å². The van der Waals surface area contributed by atoms with Gasteiger partial charge in [0.2, 0.25) is 17.7 Å². The van der Waals surface area contributed by atoms with Crippen molar-refractivity contribution in [2.75, 3.05) is 19.7 Å². The molecule has 0 bridgehead atoms. The van der Waals surface area contributed by atoms with Gasteiger partial charge < -0.3 is 18.6 Å². The molecule has 3 aromatic rings. The molecule has 0 aliphatic carbocycles. The lowest BCUT2D eigenvalue weighted by atomic mass is 10.2. The van der Waals surface area contributed by atoms with E-state index in [0.29, 0.717) is 38.0 Å². The first-order chi connectivity index (χ1) is 12.1. The number of morpholine rings is 1. The van der Waals surface area contributed by atoms with E-state index < -0.39 is 0 Å². The van der Waals surface area contributed by atoms with E-state index in [-0.39, 0.29) is 12.0 Å². The van der Waals surface area contributed by atoms with E-state index in [9.17, 15) is 4.79 Å². The molecule has 1 saturated heterocycles. The summed E-state index contributed by atoms with van der Waals surface area (Å²) in [5.74, 6) is 0.989. The third-order valence-electron chi connectivity index (χ3n) is 4.55. The molecule has 1 aliphatic rings. The van der Waals surface area contributed by atoms with Gasteiger partial charge in [-0.3, -0.25) is 4.79 Å². The number of amides is 1. The molecule has 0 spiro atoms. The van der Waals surface area contributed by atoms with Crippen molar-refractivity contribution < 1.29 is 13.9 Å². The van der Waals surface area contributed by atoms with E-state index in [1.165, 1.54) is 0 Å². The summed E-state index contributed by atoms with van der Waals surface area (Å²) in [7, 11) is 0. The van der Waals surface area contributed by atoms with Crippen LogP contribution in [0.15, 0.2) is 34.7 Å². The molecular formula is C18H20N4O3. The Morgan fingerprint density at radius 2 is 2.12 bits per heavy atom. The molecule has 1 atom stereocenters. The van der Waals surface area contributed by atoms with Gasteiger partial charge in [-0.05, 0) is 24.4 Å². The Morgan fingerprint density at radius 3 is 2.92 bits per heavy atom. The number of hydrogen-bond acceptors (Lipinski definition) is 5. The van der Waals surface area contributed by atoms with Crippen LogP contribution in [-0.4, -0.2) is 45.3 Å². The highest BCUT2D eigenvalue weighted by atomic mass is 16.5. The number of rotatable bonds is 3. The molecule has 0 N–H and O–H groups in total. The van der Waals surface area contributed by atoms with E-state index in [2.05, 4.69) is 26.9 Å². The van der Waals surface area contributed by atoms with E-state index in [4.69, 9.17) is 9.15 Å². The quantitative estimate of drug-likeness (QED) is 0.731. The van der Waals surface area contributed by atoms with Crippen molar-refractivity contribution >= 4 is 16.8 Å². The third-order valence-corrected chi connectivity index (χ3v) is 4.55. The smallest absolute Gasteiger partial charge is 0.246 e. The maximum Gasteiger partial charge on any atom is 0.246 e. The number of nitrogens with zero attached hydrogens (tertiary/aromatic N) is 4. The molecule has 25 heavy (non-hydrogen) atoms. The summed E-state index contributed by atoms with van der Waals surface area (Å²) >= 11 is 0. The summed E-state index contributed by atoms with van der Waals surface area (Å²) in [4.78, 5) is 14.6. The SMILES string of the molecule is Cc1nnc([C@H]2CN(C(=O)Cn3c(C)cc4ccccc43)CCO2)o1. The maximum atomic E-state index is 12.8. The second kappa shape index (κ2) is 6.33. The van der Waals surface area contributed by atoms with Gasteiger partial charge in [-0.1, -0.05) is 18.2 Å². The average Bonchev–Trinajstić information content (AvgIpc) is 3.19.